The van der Waals surface area contributed by atoms with Gasteiger partial charge in [0.05, 0.1) is 0 Å². The van der Waals surface area contributed by atoms with Crippen molar-refractivity contribution in [3.05, 3.63) is 0 Å². The number of nitrogens with one attached hydrogen (secondary N) is 1. The average Bonchev–Trinajstić information content (AvgIpc) is 2.84. The van der Waals surface area contributed by atoms with Crippen LogP contribution in [0.2, 0.25) is 6.32 Å². The first-order valence-electron chi connectivity index (χ1n) is 8.59. The van der Waals surface area contributed by atoms with Crippen LogP contribution in [0.1, 0.15) is 39.0 Å². The van der Waals surface area contributed by atoms with Gasteiger partial charge in [-0.1, -0.05) is 12.7 Å². The Morgan fingerprint density at radius 2 is 2.08 bits per heavy atom. The van der Waals surface area contributed by atoms with Crippen molar-refractivity contribution in [2.45, 2.75) is 62.5 Å². The maximum absolute atomic E-state index is 12.7. The number of hydrogen-bond acceptors (Lipinski definition) is 6. The Hall–Kier alpha value is -0.715. The maximum Gasteiger partial charge on any atom is 0.325 e. The number of carboxylic acid groups (broad SMARTS) is 1. The molecule has 1 radical (unpaired) electrons. The van der Waals surface area contributed by atoms with Gasteiger partial charge in [-0.05, 0) is 32.6 Å². The van der Waals surface area contributed by atoms with Gasteiger partial charge in [-0.25, -0.2) is 0 Å². The van der Waals surface area contributed by atoms with Gasteiger partial charge < -0.3 is 21.6 Å². The van der Waals surface area contributed by atoms with Crippen molar-refractivity contribution in [1.29, 1.82) is 0 Å². The zero-order chi connectivity index (χ0) is 18.9. The summed E-state index contributed by atoms with van der Waals surface area (Å²) in [4.78, 5) is 11.6. The number of aliphatic carboxylic acids is 1. The summed E-state index contributed by atoms with van der Waals surface area (Å²) in [7, 11) is -2.88. The van der Waals surface area contributed by atoms with Crippen LogP contribution in [0.25, 0.3) is 0 Å². The molecule has 143 valence electrons. The van der Waals surface area contributed by atoms with Gasteiger partial charge in [0.15, 0.2) is 0 Å². The maximum atomic E-state index is 12.7. The number of rotatable bonds is 9. The van der Waals surface area contributed by atoms with Gasteiger partial charge in [0.2, 0.25) is 0 Å². The highest BCUT2D eigenvalue weighted by atomic mass is 32.2. The lowest BCUT2D eigenvalue weighted by molar-refractivity contribution is -0.144. The first kappa shape index (κ1) is 20.6. The van der Waals surface area contributed by atoms with Crippen LogP contribution in [-0.4, -0.2) is 66.5 Å². The van der Waals surface area contributed by atoms with Gasteiger partial charge in [0, 0.05) is 30.6 Å². The van der Waals surface area contributed by atoms with E-state index in [1.807, 2.05) is 0 Å². The molecule has 1 aliphatic carbocycles. The minimum atomic E-state index is -3.88. The molecule has 1 heterocycles. The lowest BCUT2D eigenvalue weighted by atomic mass is 9.73. The predicted molar refractivity (Wildman–Crippen MR) is 93.9 cm³/mol. The summed E-state index contributed by atoms with van der Waals surface area (Å²) >= 11 is 0. The van der Waals surface area contributed by atoms with Crippen molar-refractivity contribution >= 4 is 23.7 Å². The SMILES string of the molecule is C[C@H](NS(=O)(=O)N1C[C@H](CCC[B]O)[C@](N)(C(=O)O)C1)C1(N)CCC1. The Morgan fingerprint density at radius 3 is 2.56 bits per heavy atom. The third-order valence-corrected chi connectivity index (χ3v) is 7.30. The smallest absolute Gasteiger partial charge is 0.325 e. The molecule has 1 aliphatic heterocycles. The summed E-state index contributed by atoms with van der Waals surface area (Å²) in [5.74, 6) is -1.74. The van der Waals surface area contributed by atoms with Crippen molar-refractivity contribution in [2.75, 3.05) is 13.1 Å². The van der Waals surface area contributed by atoms with E-state index in [0.29, 0.717) is 19.2 Å². The number of hydrogen-bond donors (Lipinski definition) is 5. The molecule has 0 spiro atoms. The summed E-state index contributed by atoms with van der Waals surface area (Å²) in [6.45, 7) is 1.48. The monoisotopic (exact) mass is 375 g/mol. The summed E-state index contributed by atoms with van der Waals surface area (Å²) in [5.41, 5.74) is 10.0. The quantitative estimate of drug-likeness (QED) is 0.245. The first-order valence-corrected chi connectivity index (χ1v) is 10.0. The molecule has 1 saturated heterocycles. The lowest BCUT2D eigenvalue weighted by Crippen LogP contribution is -2.62. The third-order valence-electron chi connectivity index (χ3n) is 5.69. The largest absolute Gasteiger partial charge is 0.480 e. The second-order valence-electron chi connectivity index (χ2n) is 7.38. The van der Waals surface area contributed by atoms with Gasteiger partial charge in [-0.3, -0.25) is 4.79 Å². The molecular formula is C14H28BN4O5S. The molecule has 7 N–H and O–H groups in total. The Labute approximate surface area is 149 Å². The molecule has 0 unspecified atom stereocenters. The van der Waals surface area contributed by atoms with Crippen LogP contribution in [0.3, 0.4) is 0 Å². The highest BCUT2D eigenvalue weighted by Gasteiger charge is 2.53. The van der Waals surface area contributed by atoms with Gasteiger partial charge >= 0.3 is 5.97 Å². The fraction of sp³-hybridized carbons (Fsp3) is 0.929. The summed E-state index contributed by atoms with van der Waals surface area (Å²) < 4.78 is 29.0. The van der Waals surface area contributed by atoms with E-state index < -0.39 is 39.2 Å². The van der Waals surface area contributed by atoms with Crippen LogP contribution in [0.4, 0.5) is 0 Å². The van der Waals surface area contributed by atoms with E-state index in [9.17, 15) is 18.3 Å². The Balaban J connectivity index is 2.09. The second kappa shape index (κ2) is 7.49. The molecule has 2 rings (SSSR count). The first-order chi connectivity index (χ1) is 11.5. The standard InChI is InChI=1S/C14H28BN4O5S/c1-10(13(16)5-3-6-13)18-25(23,24)19-8-11(4-2-7-15-22)14(17,9-19)12(20)21/h10-11,18,22H,2-9,16-17H2,1H3,(H,20,21)/t10-,11-,14-/m0/s1. The molecule has 11 heteroatoms. The molecule has 2 fully saturated rings. The summed E-state index contributed by atoms with van der Waals surface area (Å²) in [6, 6.07) is -0.439. The molecule has 0 aromatic carbocycles. The summed E-state index contributed by atoms with van der Waals surface area (Å²) in [6.07, 6.45) is 3.85. The molecule has 0 bridgehead atoms. The molecule has 0 aromatic rings. The van der Waals surface area contributed by atoms with Crippen LogP contribution >= 0.6 is 0 Å². The van der Waals surface area contributed by atoms with Crippen LogP contribution in [0, 0.1) is 5.92 Å². The molecular weight excluding hydrogens is 347 g/mol. The van der Waals surface area contributed by atoms with E-state index in [2.05, 4.69) is 4.72 Å². The fourth-order valence-corrected chi connectivity index (χ4v) is 5.15. The average molecular weight is 375 g/mol. The number of nitrogens with two attached hydrogens (primary N) is 2. The van der Waals surface area contributed by atoms with Crippen molar-refractivity contribution in [2.24, 2.45) is 17.4 Å². The highest BCUT2D eigenvalue weighted by molar-refractivity contribution is 7.87. The zero-order valence-corrected chi connectivity index (χ0v) is 15.3. The minimum absolute atomic E-state index is 0.0356. The van der Waals surface area contributed by atoms with Crippen LogP contribution in [0.15, 0.2) is 0 Å². The van der Waals surface area contributed by atoms with E-state index >= 15 is 0 Å². The number of carbonyl (C=O) groups is 1. The van der Waals surface area contributed by atoms with Crippen molar-refractivity contribution in [3.63, 3.8) is 0 Å². The van der Waals surface area contributed by atoms with Crippen molar-refractivity contribution in [3.8, 4) is 0 Å². The van der Waals surface area contributed by atoms with Crippen LogP contribution in [0.5, 0.6) is 0 Å². The van der Waals surface area contributed by atoms with Crippen molar-refractivity contribution in [1.82, 2.24) is 9.03 Å². The van der Waals surface area contributed by atoms with E-state index in [4.69, 9.17) is 16.5 Å². The summed E-state index contributed by atoms with van der Waals surface area (Å²) in [5, 5.41) is 18.3. The van der Waals surface area contributed by atoms with Gasteiger partial charge in [0.25, 0.3) is 17.7 Å². The second-order valence-corrected chi connectivity index (χ2v) is 9.08. The van der Waals surface area contributed by atoms with Crippen molar-refractivity contribution < 1.29 is 23.3 Å². The van der Waals surface area contributed by atoms with Crippen LogP contribution < -0.4 is 16.2 Å². The lowest BCUT2D eigenvalue weighted by Gasteiger charge is -2.43. The molecule has 2 aliphatic rings. The van der Waals surface area contributed by atoms with Gasteiger partial charge in [-0.15, -0.1) is 0 Å². The van der Waals surface area contributed by atoms with E-state index in [1.165, 1.54) is 0 Å². The van der Waals surface area contributed by atoms with E-state index in [-0.39, 0.29) is 13.1 Å². The van der Waals surface area contributed by atoms with E-state index in [0.717, 1.165) is 31.1 Å². The predicted octanol–water partition coefficient (Wildman–Crippen LogP) is -1.39. The highest BCUT2D eigenvalue weighted by Crippen LogP contribution is 2.34. The number of carboxylic acids is 1. The molecule has 0 amide bonds. The molecule has 3 atom stereocenters. The molecule has 25 heavy (non-hydrogen) atoms. The van der Waals surface area contributed by atoms with Crippen LogP contribution in [-0.2, 0) is 15.0 Å². The molecule has 1 saturated carbocycles. The Bertz CT molecular complexity index is 600. The topological polar surface area (TPSA) is 159 Å². The fourth-order valence-electron chi connectivity index (χ4n) is 3.56. The van der Waals surface area contributed by atoms with E-state index in [1.54, 1.807) is 6.92 Å². The molecule has 9 nitrogen and oxygen atoms in total. The molecule has 0 aromatic heterocycles. The number of nitrogens with zero attached hydrogens (tertiary/aromatic N) is 1. The van der Waals surface area contributed by atoms with Gasteiger partial charge in [-0.2, -0.15) is 17.4 Å². The Morgan fingerprint density at radius 1 is 1.44 bits per heavy atom. The van der Waals surface area contributed by atoms with Gasteiger partial charge in [0.1, 0.15) is 5.54 Å². The third kappa shape index (κ3) is 4.17. The Kier molecular flexibility index (Phi) is 6.17. The zero-order valence-electron chi connectivity index (χ0n) is 14.5. The minimum Gasteiger partial charge on any atom is -0.480 e. The normalized spacial score (nSPS) is 30.6.